The van der Waals surface area contributed by atoms with Crippen LogP contribution in [0.5, 0.6) is 0 Å². The summed E-state index contributed by atoms with van der Waals surface area (Å²) >= 11 is 5.95. The van der Waals surface area contributed by atoms with Crippen molar-refractivity contribution < 1.29 is 9.59 Å². The molecule has 2 fully saturated rings. The van der Waals surface area contributed by atoms with Crippen LogP contribution in [-0.2, 0) is 4.79 Å². The smallest absolute Gasteiger partial charge is 0.260 e. The van der Waals surface area contributed by atoms with Gasteiger partial charge in [0.1, 0.15) is 11.1 Å². The van der Waals surface area contributed by atoms with Crippen molar-refractivity contribution in [1.29, 1.82) is 0 Å². The summed E-state index contributed by atoms with van der Waals surface area (Å²) in [6.07, 6.45) is 4.32. The van der Waals surface area contributed by atoms with Crippen LogP contribution in [-0.4, -0.2) is 40.3 Å². The summed E-state index contributed by atoms with van der Waals surface area (Å²) in [6.45, 7) is 1.13. The van der Waals surface area contributed by atoms with Gasteiger partial charge < -0.3 is 15.2 Å². The summed E-state index contributed by atoms with van der Waals surface area (Å²) in [7, 11) is 0. The molecule has 25 heavy (non-hydrogen) atoms. The van der Waals surface area contributed by atoms with E-state index in [1.807, 2.05) is 0 Å². The number of likely N-dealkylation sites (tertiary alicyclic amines) is 1. The van der Waals surface area contributed by atoms with Crippen molar-refractivity contribution in [3.63, 3.8) is 0 Å². The van der Waals surface area contributed by atoms with E-state index >= 15 is 0 Å². The number of carbonyl (C=O) groups excluding carboxylic acids is 2. The van der Waals surface area contributed by atoms with Crippen molar-refractivity contribution in [2.24, 2.45) is 0 Å². The van der Waals surface area contributed by atoms with Crippen molar-refractivity contribution in [3.05, 3.63) is 45.2 Å². The number of amides is 2. The van der Waals surface area contributed by atoms with Crippen LogP contribution in [0.25, 0.3) is 10.9 Å². The van der Waals surface area contributed by atoms with Gasteiger partial charge in [0.2, 0.25) is 11.3 Å². The highest BCUT2D eigenvalue weighted by Gasteiger charge is 2.50. The van der Waals surface area contributed by atoms with Gasteiger partial charge in [-0.25, -0.2) is 0 Å². The first-order valence-corrected chi connectivity index (χ1v) is 8.82. The summed E-state index contributed by atoms with van der Waals surface area (Å²) in [6, 6.07) is 4.89. The van der Waals surface area contributed by atoms with Gasteiger partial charge in [0, 0.05) is 29.7 Å². The van der Waals surface area contributed by atoms with Gasteiger partial charge in [-0.2, -0.15) is 0 Å². The fourth-order valence-electron chi connectivity index (χ4n) is 4.03. The highest BCUT2D eigenvalue weighted by molar-refractivity contribution is 6.31. The topological polar surface area (TPSA) is 82.3 Å². The van der Waals surface area contributed by atoms with E-state index in [0.717, 1.165) is 12.8 Å². The number of halogens is 1. The van der Waals surface area contributed by atoms with E-state index in [1.54, 1.807) is 23.1 Å². The lowest BCUT2D eigenvalue weighted by Crippen LogP contribution is -2.60. The van der Waals surface area contributed by atoms with Crippen LogP contribution >= 0.6 is 11.6 Å². The average Bonchev–Trinajstić information content (AvgIpc) is 3.02. The van der Waals surface area contributed by atoms with E-state index in [4.69, 9.17) is 11.6 Å². The van der Waals surface area contributed by atoms with Crippen LogP contribution in [0.15, 0.2) is 29.2 Å². The minimum Gasteiger partial charge on any atom is -0.360 e. The second-order valence-corrected chi connectivity index (χ2v) is 7.11. The Balaban J connectivity index is 1.77. The molecule has 2 amide bonds. The number of carbonyl (C=O) groups is 2. The van der Waals surface area contributed by atoms with Gasteiger partial charge in [0.05, 0.1) is 5.52 Å². The number of piperidine rings is 1. The average molecular weight is 360 g/mol. The van der Waals surface area contributed by atoms with Crippen molar-refractivity contribution in [1.82, 2.24) is 15.2 Å². The predicted octanol–water partition coefficient (Wildman–Crippen LogP) is 2.07. The lowest BCUT2D eigenvalue weighted by molar-refractivity contribution is -0.133. The van der Waals surface area contributed by atoms with Crippen molar-refractivity contribution in [3.8, 4) is 0 Å². The molecule has 4 rings (SSSR count). The van der Waals surface area contributed by atoms with Gasteiger partial charge in [0.15, 0.2) is 0 Å². The lowest BCUT2D eigenvalue weighted by Gasteiger charge is -2.40. The highest BCUT2D eigenvalue weighted by atomic mass is 35.5. The first-order chi connectivity index (χ1) is 12.0. The van der Waals surface area contributed by atoms with Gasteiger partial charge in [-0.15, -0.1) is 0 Å². The van der Waals surface area contributed by atoms with Crippen molar-refractivity contribution in [2.75, 3.05) is 13.1 Å². The Morgan fingerprint density at radius 1 is 1.20 bits per heavy atom. The Morgan fingerprint density at radius 2 is 2.00 bits per heavy atom. The van der Waals surface area contributed by atoms with Crippen LogP contribution in [0.1, 0.15) is 36.0 Å². The van der Waals surface area contributed by atoms with Crippen LogP contribution in [0.4, 0.5) is 0 Å². The zero-order chi connectivity index (χ0) is 17.6. The molecule has 2 aliphatic rings. The number of rotatable bonds is 1. The van der Waals surface area contributed by atoms with E-state index in [1.165, 1.54) is 6.20 Å². The SMILES string of the molecule is O=C(c1c[nH]c2cc(Cl)ccc2c1=O)N1CCCC12CCCNC2=O. The molecule has 1 aromatic carbocycles. The number of fused-ring (bicyclic) bond motifs is 1. The van der Waals surface area contributed by atoms with Gasteiger partial charge in [-0.3, -0.25) is 14.4 Å². The molecule has 0 aliphatic carbocycles. The fraction of sp³-hybridized carbons (Fsp3) is 0.389. The Bertz CT molecular complexity index is 939. The normalized spacial score (nSPS) is 23.2. The maximum absolute atomic E-state index is 13.1. The molecule has 1 unspecified atom stereocenters. The number of hydrogen-bond acceptors (Lipinski definition) is 3. The predicted molar refractivity (Wildman–Crippen MR) is 94.8 cm³/mol. The number of benzene rings is 1. The molecule has 2 aliphatic heterocycles. The molecule has 7 heteroatoms. The molecular formula is C18H18ClN3O3. The quantitative estimate of drug-likeness (QED) is 0.817. The maximum atomic E-state index is 13.1. The van der Waals surface area contributed by atoms with Gasteiger partial charge in [-0.05, 0) is 43.9 Å². The molecule has 2 N–H and O–H groups in total. The Labute approximate surface area is 149 Å². The second-order valence-electron chi connectivity index (χ2n) is 6.67. The monoisotopic (exact) mass is 359 g/mol. The molecule has 0 saturated carbocycles. The molecule has 2 aromatic rings. The number of aromatic amines is 1. The summed E-state index contributed by atoms with van der Waals surface area (Å²) in [5.74, 6) is -0.485. The fourth-order valence-corrected chi connectivity index (χ4v) is 4.20. The number of pyridine rings is 1. The largest absolute Gasteiger partial charge is 0.360 e. The minimum atomic E-state index is -0.809. The summed E-state index contributed by atoms with van der Waals surface area (Å²) < 4.78 is 0. The van der Waals surface area contributed by atoms with E-state index in [2.05, 4.69) is 10.3 Å². The molecule has 1 atom stereocenters. The van der Waals surface area contributed by atoms with E-state index < -0.39 is 5.54 Å². The number of aromatic nitrogens is 1. The number of nitrogens with one attached hydrogen (secondary N) is 2. The number of nitrogens with zero attached hydrogens (tertiary/aromatic N) is 1. The number of hydrogen-bond donors (Lipinski definition) is 2. The van der Waals surface area contributed by atoms with Crippen molar-refractivity contribution >= 4 is 34.3 Å². The Kier molecular flexibility index (Phi) is 3.80. The van der Waals surface area contributed by atoms with Gasteiger partial charge in [0.25, 0.3) is 5.91 Å². The lowest BCUT2D eigenvalue weighted by atomic mass is 9.86. The minimum absolute atomic E-state index is 0.0643. The third-order valence-electron chi connectivity index (χ3n) is 5.28. The molecule has 0 radical (unpaired) electrons. The van der Waals surface area contributed by atoms with Crippen LogP contribution < -0.4 is 10.7 Å². The third-order valence-corrected chi connectivity index (χ3v) is 5.52. The van der Waals surface area contributed by atoms with Gasteiger partial charge in [-0.1, -0.05) is 11.6 Å². The Hall–Kier alpha value is -2.34. The summed E-state index contributed by atoms with van der Waals surface area (Å²) in [5.41, 5.74) is -0.500. The molecule has 1 spiro atoms. The molecule has 0 bridgehead atoms. The van der Waals surface area contributed by atoms with E-state index in [0.29, 0.717) is 41.9 Å². The molecule has 130 valence electrons. The van der Waals surface area contributed by atoms with Crippen molar-refractivity contribution in [2.45, 2.75) is 31.2 Å². The summed E-state index contributed by atoms with van der Waals surface area (Å²) in [4.78, 5) is 42.9. The molecule has 1 aromatic heterocycles. The third kappa shape index (κ3) is 2.43. The van der Waals surface area contributed by atoms with E-state index in [-0.39, 0.29) is 22.8 Å². The van der Waals surface area contributed by atoms with Crippen LogP contribution in [0.2, 0.25) is 5.02 Å². The number of H-pyrrole nitrogens is 1. The van der Waals surface area contributed by atoms with E-state index in [9.17, 15) is 14.4 Å². The highest BCUT2D eigenvalue weighted by Crippen LogP contribution is 2.36. The van der Waals surface area contributed by atoms with Crippen LogP contribution in [0, 0.1) is 0 Å². The molecule has 3 heterocycles. The first-order valence-electron chi connectivity index (χ1n) is 8.44. The first kappa shape index (κ1) is 16.1. The summed E-state index contributed by atoms with van der Waals surface area (Å²) in [5, 5.41) is 3.80. The molecule has 6 nitrogen and oxygen atoms in total. The van der Waals surface area contributed by atoms with Gasteiger partial charge >= 0.3 is 0 Å². The maximum Gasteiger partial charge on any atom is 0.260 e. The zero-order valence-corrected chi connectivity index (χ0v) is 14.4. The zero-order valence-electron chi connectivity index (χ0n) is 13.6. The Morgan fingerprint density at radius 3 is 2.80 bits per heavy atom. The van der Waals surface area contributed by atoms with Crippen LogP contribution in [0.3, 0.4) is 0 Å². The standard InChI is InChI=1S/C18H18ClN3O3/c19-11-3-4-12-14(9-11)21-10-13(15(12)23)16(24)22-8-2-6-18(22)5-1-7-20-17(18)25/h3-4,9-10H,1-2,5-8H2,(H,20,25)(H,21,23). The second kappa shape index (κ2) is 5.88. The molecule has 2 saturated heterocycles. The molecular weight excluding hydrogens is 342 g/mol.